The molecule has 5 atom stereocenters. The molecule has 0 aliphatic carbocycles. The standard InChI is InChI=1S/C16H23NO6/c1-2-17-5-6-22-11-7-9(3-4-10(11)17)16-15(21)14(20)13(19)12(8-18)23-16/h3-4,7,12-16,18-21H,2,5-6,8H2,1H3/t12-,13-,14+,15-,16+/m1/s1. The normalized spacial score (nSPS) is 34.0. The predicted octanol–water partition coefficient (Wildman–Crippen LogP) is -0.580. The van der Waals surface area contributed by atoms with Crippen LogP contribution in [0.25, 0.3) is 0 Å². The van der Waals surface area contributed by atoms with Gasteiger partial charge in [-0.05, 0) is 24.6 Å². The van der Waals surface area contributed by atoms with E-state index in [1.54, 1.807) is 6.07 Å². The summed E-state index contributed by atoms with van der Waals surface area (Å²) in [6.07, 6.45) is -5.76. The van der Waals surface area contributed by atoms with E-state index in [4.69, 9.17) is 9.47 Å². The number of fused-ring (bicyclic) bond motifs is 1. The van der Waals surface area contributed by atoms with Gasteiger partial charge in [0.25, 0.3) is 0 Å². The Bertz CT molecular complexity index is 551. The van der Waals surface area contributed by atoms with Gasteiger partial charge in [0, 0.05) is 6.54 Å². The fourth-order valence-electron chi connectivity index (χ4n) is 3.18. The molecule has 1 saturated heterocycles. The number of rotatable bonds is 3. The first kappa shape index (κ1) is 16.5. The van der Waals surface area contributed by atoms with Crippen LogP contribution < -0.4 is 9.64 Å². The highest BCUT2D eigenvalue weighted by Crippen LogP contribution is 2.38. The van der Waals surface area contributed by atoms with Gasteiger partial charge in [-0.3, -0.25) is 0 Å². The van der Waals surface area contributed by atoms with Crippen LogP contribution in [0.15, 0.2) is 18.2 Å². The van der Waals surface area contributed by atoms with E-state index in [-0.39, 0.29) is 0 Å². The smallest absolute Gasteiger partial charge is 0.143 e. The Labute approximate surface area is 134 Å². The number of likely N-dealkylation sites (N-methyl/N-ethyl adjacent to an activating group) is 1. The summed E-state index contributed by atoms with van der Waals surface area (Å²) in [6, 6.07) is 5.49. The number of hydrogen-bond donors (Lipinski definition) is 4. The number of benzene rings is 1. The molecule has 0 radical (unpaired) electrons. The summed E-state index contributed by atoms with van der Waals surface area (Å²) < 4.78 is 11.3. The van der Waals surface area contributed by atoms with E-state index in [2.05, 4.69) is 11.8 Å². The largest absolute Gasteiger partial charge is 0.490 e. The van der Waals surface area contributed by atoms with Crippen molar-refractivity contribution in [3.63, 3.8) is 0 Å². The van der Waals surface area contributed by atoms with Gasteiger partial charge in [0.1, 0.15) is 42.9 Å². The zero-order valence-corrected chi connectivity index (χ0v) is 13.0. The second-order valence-electron chi connectivity index (χ2n) is 5.90. The molecule has 4 N–H and O–H groups in total. The third-order valence-electron chi connectivity index (χ3n) is 4.55. The van der Waals surface area contributed by atoms with E-state index < -0.39 is 37.1 Å². The van der Waals surface area contributed by atoms with Crippen molar-refractivity contribution < 1.29 is 29.9 Å². The van der Waals surface area contributed by atoms with Crippen molar-refractivity contribution in [1.82, 2.24) is 0 Å². The maximum atomic E-state index is 10.2. The molecule has 0 saturated carbocycles. The van der Waals surface area contributed by atoms with Crippen molar-refractivity contribution in [2.45, 2.75) is 37.4 Å². The molecule has 7 heteroatoms. The molecule has 0 spiro atoms. The zero-order valence-electron chi connectivity index (χ0n) is 13.0. The first-order chi connectivity index (χ1) is 11.1. The number of aliphatic hydroxyl groups excluding tert-OH is 4. The lowest BCUT2D eigenvalue weighted by molar-refractivity contribution is -0.231. The maximum absolute atomic E-state index is 10.2. The lowest BCUT2D eigenvalue weighted by Crippen LogP contribution is -2.55. The SMILES string of the molecule is CCN1CCOc2cc([C@@H]3O[C@H](CO)[C@@H](O)[C@H](O)[C@H]3O)ccc21. The minimum Gasteiger partial charge on any atom is -0.490 e. The van der Waals surface area contributed by atoms with Crippen LogP contribution in [0.3, 0.4) is 0 Å². The van der Waals surface area contributed by atoms with Gasteiger partial charge in [-0.25, -0.2) is 0 Å². The molecular weight excluding hydrogens is 302 g/mol. The van der Waals surface area contributed by atoms with Gasteiger partial charge < -0.3 is 34.8 Å². The summed E-state index contributed by atoms with van der Waals surface area (Å²) in [4.78, 5) is 2.19. The van der Waals surface area contributed by atoms with Crippen LogP contribution >= 0.6 is 0 Å². The molecule has 7 nitrogen and oxygen atoms in total. The summed E-state index contributed by atoms with van der Waals surface area (Å²) >= 11 is 0. The number of anilines is 1. The van der Waals surface area contributed by atoms with Crippen LogP contribution in [0.5, 0.6) is 5.75 Å². The van der Waals surface area contributed by atoms with Gasteiger partial charge >= 0.3 is 0 Å². The molecule has 2 aliphatic heterocycles. The van der Waals surface area contributed by atoms with E-state index in [1.807, 2.05) is 12.1 Å². The average Bonchev–Trinajstić information content (AvgIpc) is 2.59. The molecule has 0 bridgehead atoms. The van der Waals surface area contributed by atoms with Crippen LogP contribution in [-0.4, -0.2) is 71.1 Å². The van der Waals surface area contributed by atoms with Crippen molar-refractivity contribution in [3.05, 3.63) is 23.8 Å². The Hall–Kier alpha value is -1.38. The fraction of sp³-hybridized carbons (Fsp3) is 0.625. The fourth-order valence-corrected chi connectivity index (χ4v) is 3.18. The van der Waals surface area contributed by atoms with Gasteiger partial charge in [0.15, 0.2) is 0 Å². The minimum absolute atomic E-state index is 0.438. The van der Waals surface area contributed by atoms with Gasteiger partial charge in [-0.2, -0.15) is 0 Å². The number of ether oxygens (including phenoxy) is 2. The summed E-state index contributed by atoms with van der Waals surface area (Å²) in [5, 5.41) is 39.3. The molecule has 1 aromatic rings. The second kappa shape index (κ2) is 6.62. The molecule has 0 unspecified atom stereocenters. The highest BCUT2D eigenvalue weighted by Gasteiger charge is 2.44. The zero-order chi connectivity index (χ0) is 16.6. The molecule has 1 aromatic carbocycles. The summed E-state index contributed by atoms with van der Waals surface area (Å²) in [5.74, 6) is 0.701. The highest BCUT2D eigenvalue weighted by molar-refractivity contribution is 5.61. The van der Waals surface area contributed by atoms with E-state index in [0.29, 0.717) is 17.9 Å². The van der Waals surface area contributed by atoms with Crippen molar-refractivity contribution in [2.75, 3.05) is 31.2 Å². The van der Waals surface area contributed by atoms with E-state index >= 15 is 0 Å². The van der Waals surface area contributed by atoms with Crippen molar-refractivity contribution in [2.24, 2.45) is 0 Å². The van der Waals surface area contributed by atoms with Crippen molar-refractivity contribution in [3.8, 4) is 5.75 Å². The van der Waals surface area contributed by atoms with Crippen LogP contribution in [0.2, 0.25) is 0 Å². The van der Waals surface area contributed by atoms with Gasteiger partial charge in [-0.1, -0.05) is 6.07 Å². The molecule has 0 amide bonds. The summed E-state index contributed by atoms with van der Waals surface area (Å²) in [6.45, 7) is 3.91. The van der Waals surface area contributed by atoms with Crippen molar-refractivity contribution >= 4 is 5.69 Å². The first-order valence-electron chi connectivity index (χ1n) is 7.89. The Morgan fingerprint density at radius 3 is 2.65 bits per heavy atom. The number of aliphatic hydroxyl groups is 4. The Balaban J connectivity index is 1.89. The first-order valence-corrected chi connectivity index (χ1v) is 7.89. The molecule has 2 heterocycles. The second-order valence-corrected chi connectivity index (χ2v) is 5.90. The monoisotopic (exact) mass is 325 g/mol. The Morgan fingerprint density at radius 1 is 1.17 bits per heavy atom. The molecule has 0 aromatic heterocycles. The minimum atomic E-state index is -1.38. The van der Waals surface area contributed by atoms with Crippen LogP contribution in [0.4, 0.5) is 5.69 Å². The average molecular weight is 325 g/mol. The van der Waals surface area contributed by atoms with E-state index in [1.165, 1.54) is 0 Å². The predicted molar refractivity (Wildman–Crippen MR) is 82.5 cm³/mol. The third-order valence-corrected chi connectivity index (χ3v) is 4.55. The summed E-state index contributed by atoms with van der Waals surface area (Å²) in [7, 11) is 0. The molecule has 2 aliphatic rings. The molecule has 3 rings (SSSR count). The van der Waals surface area contributed by atoms with Crippen LogP contribution in [0.1, 0.15) is 18.6 Å². The third kappa shape index (κ3) is 2.90. The number of nitrogens with zero attached hydrogens (tertiary/aromatic N) is 1. The maximum Gasteiger partial charge on any atom is 0.143 e. The molecule has 1 fully saturated rings. The molecule has 23 heavy (non-hydrogen) atoms. The Kier molecular flexibility index (Phi) is 4.74. The Morgan fingerprint density at radius 2 is 1.96 bits per heavy atom. The van der Waals surface area contributed by atoms with Gasteiger partial charge in [-0.15, -0.1) is 0 Å². The molecular formula is C16H23NO6. The van der Waals surface area contributed by atoms with E-state index in [9.17, 15) is 20.4 Å². The lowest BCUT2D eigenvalue weighted by atomic mass is 9.91. The topological polar surface area (TPSA) is 103 Å². The van der Waals surface area contributed by atoms with Crippen molar-refractivity contribution in [1.29, 1.82) is 0 Å². The van der Waals surface area contributed by atoms with E-state index in [0.717, 1.165) is 18.8 Å². The molecule has 128 valence electrons. The lowest BCUT2D eigenvalue weighted by Gasteiger charge is -2.40. The quantitative estimate of drug-likeness (QED) is 0.590. The van der Waals surface area contributed by atoms with Gasteiger partial charge in [0.05, 0.1) is 18.8 Å². The van der Waals surface area contributed by atoms with Gasteiger partial charge in [0.2, 0.25) is 0 Å². The highest BCUT2D eigenvalue weighted by atomic mass is 16.5. The number of hydrogen-bond acceptors (Lipinski definition) is 7. The van der Waals surface area contributed by atoms with Crippen LogP contribution in [-0.2, 0) is 4.74 Å². The van der Waals surface area contributed by atoms with Crippen LogP contribution in [0, 0.1) is 0 Å². The summed E-state index contributed by atoms with van der Waals surface area (Å²) in [5.41, 5.74) is 1.62.